The van der Waals surface area contributed by atoms with Crippen molar-refractivity contribution in [1.82, 2.24) is 24.2 Å². The van der Waals surface area contributed by atoms with Gasteiger partial charge in [0.15, 0.2) is 0 Å². The Balaban J connectivity index is 1.85. The number of hydrogen-bond acceptors (Lipinski definition) is 5. The fourth-order valence-electron chi connectivity index (χ4n) is 3.23. The van der Waals surface area contributed by atoms with Gasteiger partial charge in [-0.25, -0.2) is 9.11 Å². The summed E-state index contributed by atoms with van der Waals surface area (Å²) in [4.78, 5) is 41.2. The molecule has 3 rings (SSSR count). The Morgan fingerprint density at radius 3 is 2.31 bits per heavy atom. The van der Waals surface area contributed by atoms with E-state index in [2.05, 4.69) is 15.0 Å². The molecule has 1 aromatic heterocycles. The van der Waals surface area contributed by atoms with Gasteiger partial charge >= 0.3 is 0 Å². The van der Waals surface area contributed by atoms with E-state index in [0.717, 1.165) is 6.07 Å². The summed E-state index contributed by atoms with van der Waals surface area (Å²) in [6.07, 6.45) is 1.20. The van der Waals surface area contributed by atoms with E-state index in [9.17, 15) is 27.2 Å². The zero-order valence-corrected chi connectivity index (χ0v) is 16.6. The molecule has 0 atom stereocenters. The summed E-state index contributed by atoms with van der Waals surface area (Å²) in [7, 11) is -0.908. The number of Topliss-reactive ketones (excluding diaryl/α,β-unsaturated/α-hetero) is 1. The number of nitrogens with one attached hydrogen (secondary N) is 3. The first kappa shape index (κ1) is 20.9. The van der Waals surface area contributed by atoms with Crippen LogP contribution in [-0.2, 0) is 15.0 Å². The Morgan fingerprint density at radius 1 is 1.07 bits per heavy atom. The van der Waals surface area contributed by atoms with E-state index in [1.165, 1.54) is 35.6 Å². The van der Waals surface area contributed by atoms with Crippen LogP contribution in [-0.4, -0.2) is 80.5 Å². The molecule has 2 amide bonds. The molecule has 1 aliphatic rings. The maximum atomic E-state index is 14.4. The minimum absolute atomic E-state index is 0.0276. The topological polar surface area (TPSA) is 132 Å². The molecular formula is C17H20FN5O5S. The summed E-state index contributed by atoms with van der Waals surface area (Å²) >= 11 is 0. The lowest BCUT2D eigenvalue weighted by atomic mass is 10.0. The highest BCUT2D eigenvalue weighted by molar-refractivity contribution is 7.87. The van der Waals surface area contributed by atoms with E-state index in [1.54, 1.807) is 0 Å². The number of fused-ring (bicyclic) bond motifs is 1. The van der Waals surface area contributed by atoms with Crippen molar-refractivity contribution < 1.29 is 27.2 Å². The van der Waals surface area contributed by atoms with Crippen molar-refractivity contribution in [2.45, 2.75) is 0 Å². The molecule has 0 saturated carbocycles. The van der Waals surface area contributed by atoms with Gasteiger partial charge in [0, 0.05) is 51.9 Å². The number of aromatic nitrogens is 1. The molecule has 1 aromatic carbocycles. The average molecular weight is 425 g/mol. The van der Waals surface area contributed by atoms with Gasteiger partial charge in [-0.05, 0) is 12.1 Å². The predicted octanol–water partition coefficient (Wildman–Crippen LogP) is -0.542. The summed E-state index contributed by atoms with van der Waals surface area (Å²) in [6, 6.07) is 2.34. The van der Waals surface area contributed by atoms with Crippen LogP contribution in [0.3, 0.4) is 0 Å². The van der Waals surface area contributed by atoms with E-state index >= 15 is 0 Å². The van der Waals surface area contributed by atoms with Gasteiger partial charge in [0.05, 0.1) is 16.6 Å². The second kappa shape index (κ2) is 7.89. The molecule has 29 heavy (non-hydrogen) atoms. The Labute approximate surface area is 166 Å². The summed E-state index contributed by atoms with van der Waals surface area (Å²) in [6.45, 7) is 0.121. The largest absolute Gasteiger partial charge is 0.360 e. The quantitative estimate of drug-likeness (QED) is 0.437. The number of hydrogen-bond donors (Lipinski definition) is 3. The van der Waals surface area contributed by atoms with Gasteiger partial charge in [0.25, 0.3) is 27.8 Å². The first-order chi connectivity index (χ1) is 13.7. The smallest absolute Gasteiger partial charge is 0.295 e. The number of nitrogens with zero attached hydrogens (tertiary/aromatic N) is 2. The summed E-state index contributed by atoms with van der Waals surface area (Å²) < 4.78 is 41.4. The number of H-pyrrole nitrogens is 1. The van der Waals surface area contributed by atoms with Gasteiger partial charge in [-0.2, -0.15) is 12.7 Å². The third-order valence-corrected chi connectivity index (χ3v) is 6.38. The zero-order chi connectivity index (χ0) is 21.3. The van der Waals surface area contributed by atoms with Crippen LogP contribution in [0.1, 0.15) is 20.7 Å². The highest BCUT2D eigenvalue weighted by Gasteiger charge is 2.32. The van der Waals surface area contributed by atoms with Crippen LogP contribution in [0.5, 0.6) is 0 Å². The molecule has 1 aliphatic heterocycles. The molecular weight excluding hydrogens is 405 g/mol. The molecule has 0 aliphatic carbocycles. The van der Waals surface area contributed by atoms with E-state index < -0.39 is 33.6 Å². The Bertz CT molecular complexity index is 1090. The monoisotopic (exact) mass is 425 g/mol. The minimum Gasteiger partial charge on any atom is -0.360 e. The molecule has 3 N–H and O–H groups in total. The van der Waals surface area contributed by atoms with Crippen molar-refractivity contribution in [2.24, 2.45) is 0 Å². The Morgan fingerprint density at radius 2 is 1.72 bits per heavy atom. The first-order valence-electron chi connectivity index (χ1n) is 8.75. The molecule has 0 spiro atoms. The number of rotatable bonds is 5. The van der Waals surface area contributed by atoms with Gasteiger partial charge in [0.1, 0.15) is 5.82 Å². The van der Waals surface area contributed by atoms with E-state index in [1.807, 2.05) is 0 Å². The lowest BCUT2D eigenvalue weighted by Gasteiger charge is -2.33. The molecule has 12 heteroatoms. The number of aromatic amines is 1. The molecule has 0 radical (unpaired) electrons. The SMILES string of the molecule is CNC(=O)c1ccc(F)c2c(C(=O)C(=O)N3CCN(S(=O)(=O)NC)CC3)c[nH]c12. The third-order valence-electron chi connectivity index (χ3n) is 4.82. The molecule has 156 valence electrons. The van der Waals surface area contributed by atoms with Crippen LogP contribution < -0.4 is 10.0 Å². The predicted molar refractivity (Wildman–Crippen MR) is 102 cm³/mol. The van der Waals surface area contributed by atoms with Crippen LogP contribution in [0.2, 0.25) is 0 Å². The van der Waals surface area contributed by atoms with Gasteiger partial charge in [-0.15, -0.1) is 0 Å². The van der Waals surface area contributed by atoms with Gasteiger partial charge < -0.3 is 15.2 Å². The summed E-state index contributed by atoms with van der Waals surface area (Å²) in [5.41, 5.74) is 0.0743. The van der Waals surface area contributed by atoms with Crippen molar-refractivity contribution in [3.05, 3.63) is 35.3 Å². The van der Waals surface area contributed by atoms with Crippen molar-refractivity contribution in [1.29, 1.82) is 0 Å². The number of benzene rings is 1. The number of piperazine rings is 1. The van der Waals surface area contributed by atoms with E-state index in [4.69, 9.17) is 0 Å². The molecule has 0 bridgehead atoms. The number of carbonyl (C=O) groups is 3. The van der Waals surface area contributed by atoms with Crippen LogP contribution in [0.4, 0.5) is 4.39 Å². The maximum Gasteiger partial charge on any atom is 0.295 e. The molecule has 1 saturated heterocycles. The lowest BCUT2D eigenvalue weighted by Crippen LogP contribution is -2.54. The Hall–Kier alpha value is -2.83. The maximum absolute atomic E-state index is 14.4. The highest BCUT2D eigenvalue weighted by atomic mass is 32.2. The average Bonchev–Trinajstić information content (AvgIpc) is 3.18. The van der Waals surface area contributed by atoms with Crippen LogP contribution >= 0.6 is 0 Å². The van der Waals surface area contributed by atoms with Gasteiger partial charge in [0.2, 0.25) is 0 Å². The summed E-state index contributed by atoms with van der Waals surface area (Å²) in [5, 5.41) is 2.29. The normalized spacial score (nSPS) is 15.5. The van der Waals surface area contributed by atoms with Crippen molar-refractivity contribution >= 4 is 38.7 Å². The summed E-state index contributed by atoms with van der Waals surface area (Å²) in [5.74, 6) is -3.01. The molecule has 10 nitrogen and oxygen atoms in total. The number of amides is 2. The van der Waals surface area contributed by atoms with Crippen LogP contribution in [0.25, 0.3) is 10.9 Å². The fraction of sp³-hybridized carbons (Fsp3) is 0.353. The zero-order valence-electron chi connectivity index (χ0n) is 15.8. The fourth-order valence-corrected chi connectivity index (χ4v) is 4.13. The van der Waals surface area contributed by atoms with E-state index in [-0.39, 0.29) is 48.2 Å². The standard InChI is InChI=1S/C17H20FN5O5S/c1-19-16(25)10-3-4-12(18)13-11(9-21-14(10)13)15(24)17(26)22-5-7-23(8-6-22)29(27,28)20-2/h3-4,9,20-21H,5-8H2,1-2H3,(H,19,25). The second-order valence-corrected chi connectivity index (χ2v) is 8.23. The molecule has 0 unspecified atom stereocenters. The van der Waals surface area contributed by atoms with Crippen molar-refractivity contribution in [3.8, 4) is 0 Å². The van der Waals surface area contributed by atoms with Crippen molar-refractivity contribution in [2.75, 3.05) is 40.3 Å². The van der Waals surface area contributed by atoms with Gasteiger partial charge in [-0.3, -0.25) is 14.4 Å². The molecule has 1 fully saturated rings. The Kier molecular flexibility index (Phi) is 5.68. The van der Waals surface area contributed by atoms with Crippen LogP contribution in [0, 0.1) is 5.82 Å². The first-order valence-corrected chi connectivity index (χ1v) is 10.2. The van der Waals surface area contributed by atoms with Gasteiger partial charge in [-0.1, -0.05) is 0 Å². The number of ketones is 1. The van der Waals surface area contributed by atoms with Crippen molar-refractivity contribution in [3.63, 3.8) is 0 Å². The number of carbonyl (C=O) groups excluding carboxylic acids is 3. The molecule has 2 aromatic rings. The second-order valence-electron chi connectivity index (χ2n) is 6.36. The molecule has 2 heterocycles. The van der Waals surface area contributed by atoms with Crippen LogP contribution in [0.15, 0.2) is 18.3 Å². The van der Waals surface area contributed by atoms with E-state index in [0.29, 0.717) is 0 Å². The highest BCUT2D eigenvalue weighted by Crippen LogP contribution is 2.26. The third kappa shape index (κ3) is 3.73. The number of halogens is 1. The minimum atomic E-state index is -3.62. The lowest BCUT2D eigenvalue weighted by molar-refractivity contribution is -0.127.